The summed E-state index contributed by atoms with van der Waals surface area (Å²) in [6.45, 7) is 4.91. The molecule has 0 bridgehead atoms. The zero-order chi connectivity index (χ0) is 24.8. The molecule has 0 unspecified atom stereocenters. The number of hydrogen-bond acceptors (Lipinski definition) is 7. The molecule has 0 aromatic heterocycles. The molecule has 0 saturated carbocycles. The van der Waals surface area contributed by atoms with Gasteiger partial charge in [-0.3, -0.25) is 0 Å². The summed E-state index contributed by atoms with van der Waals surface area (Å²) in [5.74, 6) is 7.74. The van der Waals surface area contributed by atoms with Crippen LogP contribution < -0.4 is 31.9 Å². The van der Waals surface area contributed by atoms with Crippen molar-refractivity contribution in [3.8, 4) is 11.5 Å². The van der Waals surface area contributed by atoms with Gasteiger partial charge in [-0.05, 0) is 0 Å². The third-order valence-electron chi connectivity index (χ3n) is 8.99. The van der Waals surface area contributed by atoms with Gasteiger partial charge in [0.05, 0.1) is 0 Å². The van der Waals surface area contributed by atoms with Gasteiger partial charge < -0.3 is 0 Å². The van der Waals surface area contributed by atoms with Crippen LogP contribution in [-0.2, 0) is 25.7 Å². The minimum atomic E-state index is -1.71. The van der Waals surface area contributed by atoms with Crippen molar-refractivity contribution in [2.24, 2.45) is 4.99 Å². The van der Waals surface area contributed by atoms with E-state index in [1.165, 1.54) is 121 Å². The van der Waals surface area contributed by atoms with E-state index in [0.29, 0.717) is 0 Å². The summed E-state index contributed by atoms with van der Waals surface area (Å²) in [6.07, 6.45) is 9.96. The van der Waals surface area contributed by atoms with Gasteiger partial charge in [0.25, 0.3) is 0 Å². The van der Waals surface area contributed by atoms with Crippen molar-refractivity contribution in [1.29, 1.82) is 0 Å². The standard InChI is InChI=1S/C24H24N3O.2C2H6S2.2Sb/c1-5-15-13-19-23(17-7-3-11-26(9-1)21(15)17)28-24-18-8-4-12-27-10-2-6-16(22(18)27)14-20(24)25-19;2*3-1-2-4;;/h1-12H2;2*3-4H,1-2H2;;/q+1;;;2*+2/p-4. The molecule has 7 aliphatic rings. The number of benzene rings is 2. The zero-order valence-electron chi connectivity index (χ0n) is 21.6. The fourth-order valence-electron chi connectivity index (χ4n) is 7.60. The summed E-state index contributed by atoms with van der Waals surface area (Å²) in [4.78, 5) is 8.64. The van der Waals surface area contributed by atoms with Gasteiger partial charge in [-0.2, -0.15) is 0 Å². The monoisotopic (exact) mass is 796 g/mol. The predicted molar refractivity (Wildman–Crippen MR) is 170 cm³/mol. The number of hydrogen-bond donors (Lipinski definition) is 0. The first kappa shape index (κ1) is 25.2. The van der Waals surface area contributed by atoms with Gasteiger partial charge in [-0.15, -0.1) is 0 Å². The molecule has 0 aliphatic carbocycles. The number of anilines is 1. The molecule has 0 atom stereocenters. The Morgan fingerprint density at radius 2 is 1.32 bits per heavy atom. The van der Waals surface area contributed by atoms with Crippen LogP contribution in [0.1, 0.15) is 47.9 Å². The van der Waals surface area contributed by atoms with Crippen LogP contribution in [0.15, 0.2) is 4.99 Å². The molecule has 7 heterocycles. The molecule has 7 aliphatic heterocycles. The molecule has 198 valence electrons. The van der Waals surface area contributed by atoms with Crippen molar-refractivity contribution in [3.63, 3.8) is 0 Å². The second kappa shape index (κ2) is 10.1. The molecule has 2 aromatic carbocycles. The summed E-state index contributed by atoms with van der Waals surface area (Å²) >= 11 is -3.43. The van der Waals surface area contributed by atoms with Gasteiger partial charge in [0, 0.05) is 0 Å². The summed E-state index contributed by atoms with van der Waals surface area (Å²) in [7, 11) is 9.33. The van der Waals surface area contributed by atoms with Gasteiger partial charge in [0.1, 0.15) is 0 Å². The molecule has 2 fully saturated rings. The van der Waals surface area contributed by atoms with Crippen LogP contribution in [0, 0.1) is 0 Å². The Hall–Kier alpha value is 0.676. The number of nitrogens with zero attached hydrogens (tertiary/aromatic N) is 3. The predicted octanol–water partition coefficient (Wildman–Crippen LogP) is 3.18. The Bertz CT molecular complexity index is 1500. The maximum atomic E-state index is 7.39. The quantitative estimate of drug-likeness (QED) is 0.293. The normalized spacial score (nSPS) is 23.9. The third kappa shape index (κ3) is 3.81. The van der Waals surface area contributed by atoms with Gasteiger partial charge in [-0.25, -0.2) is 0 Å². The zero-order valence-corrected chi connectivity index (χ0v) is 30.0. The van der Waals surface area contributed by atoms with Crippen LogP contribution in [-0.4, -0.2) is 84.0 Å². The molecule has 4 nitrogen and oxygen atoms in total. The number of ether oxygens (including phenoxy) is 1. The Kier molecular flexibility index (Phi) is 6.73. The Morgan fingerprint density at radius 3 is 2.05 bits per heavy atom. The number of rotatable bonds is 2. The second-order valence-electron chi connectivity index (χ2n) is 11.1. The maximum absolute atomic E-state index is 7.39. The first-order valence-corrected chi connectivity index (χ1v) is 33.1. The van der Waals surface area contributed by atoms with E-state index in [1.54, 1.807) is 29.2 Å². The molecule has 2 saturated heterocycles. The molecule has 0 spiro atoms. The average molecular weight is 798 g/mol. The van der Waals surface area contributed by atoms with Gasteiger partial charge in [0.15, 0.2) is 0 Å². The Labute approximate surface area is 250 Å². The van der Waals surface area contributed by atoms with Gasteiger partial charge >= 0.3 is 253 Å². The van der Waals surface area contributed by atoms with E-state index in [1.807, 2.05) is 0 Å². The molecule has 10 heteroatoms. The Morgan fingerprint density at radius 1 is 0.684 bits per heavy atom. The van der Waals surface area contributed by atoms with Crippen LogP contribution in [0.3, 0.4) is 0 Å². The Balaban J connectivity index is 1.40. The van der Waals surface area contributed by atoms with Crippen LogP contribution in [0.5, 0.6) is 11.5 Å². The molecular formula is C28H32N3OS4Sb2+. The van der Waals surface area contributed by atoms with Crippen molar-refractivity contribution in [3.05, 3.63) is 33.0 Å². The SMILES string of the molecule is C1Cc2c3c([c]([Sb]4[S]CC[S]4)c4c2N(C1)CCC4)N=c1c(c2c4c([c]1[Sb]1[S]CC[S]1)CCC[N+]=4CCC2)O3. The van der Waals surface area contributed by atoms with Crippen molar-refractivity contribution < 1.29 is 4.74 Å². The van der Waals surface area contributed by atoms with Crippen LogP contribution in [0.2, 0.25) is 0 Å². The molecular weight excluding hydrogens is 766 g/mol. The van der Waals surface area contributed by atoms with E-state index in [9.17, 15) is 0 Å². The summed E-state index contributed by atoms with van der Waals surface area (Å²) in [5, 5.41) is 2.92. The van der Waals surface area contributed by atoms with Crippen LogP contribution in [0.4, 0.5) is 11.4 Å². The number of fused-ring (bicyclic) bond motifs is 4. The first-order valence-electron chi connectivity index (χ1n) is 14.3. The van der Waals surface area contributed by atoms with E-state index in [4.69, 9.17) is 9.73 Å². The van der Waals surface area contributed by atoms with Crippen molar-refractivity contribution in [2.45, 2.75) is 51.4 Å². The van der Waals surface area contributed by atoms with Crippen molar-refractivity contribution >= 4 is 88.6 Å². The van der Waals surface area contributed by atoms with E-state index >= 15 is 0 Å². The molecule has 38 heavy (non-hydrogen) atoms. The van der Waals surface area contributed by atoms with Crippen LogP contribution >= 0.6 is 35.4 Å². The van der Waals surface area contributed by atoms with Gasteiger partial charge in [-0.1, -0.05) is 0 Å². The van der Waals surface area contributed by atoms with Crippen molar-refractivity contribution in [2.75, 3.05) is 54.1 Å². The second-order valence-corrected chi connectivity index (χ2v) is 41.0. The van der Waals surface area contributed by atoms with E-state index in [-0.39, 0.29) is 0 Å². The van der Waals surface area contributed by atoms with Gasteiger partial charge in [0.2, 0.25) is 0 Å². The molecule has 0 N–H and O–H groups in total. The molecule has 9 rings (SSSR count). The van der Waals surface area contributed by atoms with E-state index < -0.39 is 34.8 Å². The van der Waals surface area contributed by atoms with E-state index in [2.05, 4.69) is 44.9 Å². The fourth-order valence-corrected chi connectivity index (χ4v) is 47.8. The van der Waals surface area contributed by atoms with Crippen molar-refractivity contribution in [1.82, 2.24) is 4.58 Å². The third-order valence-corrected chi connectivity index (χ3v) is 44.5. The minimum absolute atomic E-state index is 1.16. The summed E-state index contributed by atoms with van der Waals surface area (Å²) < 4.78 is 13.6. The summed E-state index contributed by atoms with van der Waals surface area (Å²) in [5.41, 5.74) is 9.37. The molecule has 0 amide bonds. The topological polar surface area (TPSA) is 27.8 Å². The first-order chi connectivity index (χ1) is 18.9. The average Bonchev–Trinajstić information content (AvgIpc) is 3.69. The fraction of sp³-hybridized carbons (Fsp3) is 0.571. The molecule has 0 radical (unpaired) electrons. The molecule has 2 aromatic rings. The van der Waals surface area contributed by atoms with E-state index in [0.717, 1.165) is 12.8 Å². The summed E-state index contributed by atoms with van der Waals surface area (Å²) in [6, 6.07) is 0. The van der Waals surface area contributed by atoms with Crippen LogP contribution in [0.25, 0.3) is 0 Å².